The predicted molar refractivity (Wildman–Crippen MR) is 199 cm³/mol. The van der Waals surface area contributed by atoms with E-state index >= 15 is 4.39 Å². The van der Waals surface area contributed by atoms with Gasteiger partial charge in [0.15, 0.2) is 0 Å². The molecular formula is C42H42FN7O4. The number of aryl methyl sites for hydroxylation is 3. The number of anilines is 3. The minimum Gasteiger partial charge on any atom is -0.380 e. The normalized spacial score (nSPS) is 23.3. The first kappa shape index (κ1) is 34.2. The summed E-state index contributed by atoms with van der Waals surface area (Å²) in [6, 6.07) is 20.5. The number of carbonyl (C=O) groups is 3. The van der Waals surface area contributed by atoms with Crippen LogP contribution in [0.4, 0.5) is 21.5 Å². The summed E-state index contributed by atoms with van der Waals surface area (Å²) in [5, 5.41) is 19.7. The Morgan fingerprint density at radius 3 is 2.46 bits per heavy atom. The molecule has 0 spiro atoms. The number of fused-ring (bicyclic) bond motifs is 1. The summed E-state index contributed by atoms with van der Waals surface area (Å²) in [6.07, 6.45) is 3.99. The maximum atomic E-state index is 15.3. The van der Waals surface area contributed by atoms with E-state index in [0.29, 0.717) is 17.3 Å². The molecule has 1 atom stereocenters. The number of nitriles is 1. The summed E-state index contributed by atoms with van der Waals surface area (Å²) in [5.41, 5.74) is 8.35. The number of piperidine rings is 1. The van der Waals surface area contributed by atoms with E-state index in [0.717, 1.165) is 83.9 Å². The highest BCUT2D eigenvalue weighted by molar-refractivity contribution is 6.05. The Hall–Kier alpha value is -5.54. The van der Waals surface area contributed by atoms with Crippen LogP contribution in [0.2, 0.25) is 0 Å². The van der Waals surface area contributed by atoms with Gasteiger partial charge in [-0.2, -0.15) is 5.26 Å². The van der Waals surface area contributed by atoms with E-state index < -0.39 is 17.8 Å². The average Bonchev–Trinajstić information content (AvgIpc) is 3.77. The van der Waals surface area contributed by atoms with Gasteiger partial charge in [-0.25, -0.2) is 4.39 Å². The van der Waals surface area contributed by atoms with Gasteiger partial charge in [-0.1, -0.05) is 29.4 Å². The molecule has 12 heteroatoms. The zero-order valence-corrected chi connectivity index (χ0v) is 30.6. The van der Waals surface area contributed by atoms with Gasteiger partial charge in [0.2, 0.25) is 11.8 Å². The lowest BCUT2D eigenvalue weighted by atomic mass is 9.82. The molecule has 11 nitrogen and oxygen atoms in total. The third-order valence-electron chi connectivity index (χ3n) is 12.3. The molecule has 3 amide bonds. The number of halogens is 1. The third-order valence-corrected chi connectivity index (χ3v) is 12.3. The number of hydrogen-bond donors (Lipinski definition) is 2. The number of aromatic nitrogens is 1. The van der Waals surface area contributed by atoms with Crippen LogP contribution < -0.4 is 15.5 Å². The number of nitrogens with zero attached hydrogens (tertiary/aromatic N) is 5. The minimum atomic E-state index is -0.737. The van der Waals surface area contributed by atoms with E-state index in [4.69, 9.17) is 4.52 Å². The molecule has 5 aliphatic rings. The van der Waals surface area contributed by atoms with Gasteiger partial charge in [-0.05, 0) is 105 Å². The van der Waals surface area contributed by atoms with E-state index in [1.807, 2.05) is 13.8 Å². The highest BCUT2D eigenvalue weighted by Crippen LogP contribution is 2.48. The maximum absolute atomic E-state index is 15.3. The molecule has 3 aromatic carbocycles. The van der Waals surface area contributed by atoms with Crippen molar-refractivity contribution < 1.29 is 23.3 Å². The summed E-state index contributed by atoms with van der Waals surface area (Å²) in [6.45, 7) is 8.00. The topological polar surface area (TPSA) is 135 Å². The third kappa shape index (κ3) is 5.73. The lowest BCUT2D eigenvalue weighted by Crippen LogP contribution is -2.65. The van der Waals surface area contributed by atoms with Crippen molar-refractivity contribution in [3.05, 3.63) is 94.1 Å². The molecule has 2 saturated carbocycles. The van der Waals surface area contributed by atoms with E-state index in [1.54, 1.807) is 6.07 Å². The number of nitrogens with one attached hydrogen (secondary N) is 2. The van der Waals surface area contributed by atoms with Gasteiger partial charge in [-0.3, -0.25) is 24.6 Å². The molecule has 9 rings (SSSR count). The Morgan fingerprint density at radius 1 is 1.04 bits per heavy atom. The quantitative estimate of drug-likeness (QED) is 0.194. The number of rotatable bonds is 9. The molecule has 0 radical (unpaired) electrons. The Labute approximate surface area is 313 Å². The fraction of sp³-hybridized carbons (Fsp3) is 0.405. The molecule has 4 heterocycles. The molecule has 276 valence electrons. The van der Waals surface area contributed by atoms with Crippen molar-refractivity contribution in [2.45, 2.75) is 95.4 Å². The molecule has 0 bridgehead atoms. The molecule has 2 aliphatic carbocycles. The fourth-order valence-corrected chi connectivity index (χ4v) is 8.87. The number of carbonyl (C=O) groups excluding carboxylic acids is 3. The smallest absolute Gasteiger partial charge is 0.255 e. The van der Waals surface area contributed by atoms with Gasteiger partial charge < -0.3 is 19.6 Å². The summed E-state index contributed by atoms with van der Waals surface area (Å²) in [5.74, 6) is -0.909. The van der Waals surface area contributed by atoms with E-state index in [-0.39, 0.29) is 54.3 Å². The lowest BCUT2D eigenvalue weighted by Gasteiger charge is -2.54. The standard InChI is InChI=1S/C42H42FN7O4/c1-23-4-5-26(39-24(2)47-54-25(39)3)15-37(23)50(30-8-6-28(7-9-30)42(22-44)12-13-42)32-20-48(21-32)31-16-29(17-31)45-35-14-27-19-49(41(53)33(27)18-34(35)43)36-10-11-38(51)46-40(36)52/h4-9,14-15,18,29,31-32,36,45H,10-13,16-17,19-21H2,1-3H3,(H,46,51,52)/t29?,31?,36-/m0/s1. The van der Waals surface area contributed by atoms with Crippen molar-refractivity contribution in [3.63, 3.8) is 0 Å². The summed E-state index contributed by atoms with van der Waals surface area (Å²) < 4.78 is 20.9. The SMILES string of the molecule is Cc1ccc(-c2c(C)noc2C)cc1N(c1ccc(C2(C#N)CC2)cc1)C1CN(C2CC(Nc3cc4c(cc3F)C(=O)N([C@H]3CCC(=O)NC3=O)C4)C2)C1. The number of benzene rings is 3. The van der Waals surface area contributed by atoms with Crippen LogP contribution in [0.25, 0.3) is 11.1 Å². The molecule has 3 aliphatic heterocycles. The van der Waals surface area contributed by atoms with E-state index in [2.05, 4.69) is 81.0 Å². The number of likely N-dealkylation sites (tertiary alicyclic amines) is 1. The predicted octanol–water partition coefficient (Wildman–Crippen LogP) is 6.19. The molecule has 1 aromatic heterocycles. The second kappa shape index (κ2) is 12.8. The van der Waals surface area contributed by atoms with Crippen LogP contribution >= 0.6 is 0 Å². The highest BCUT2D eigenvalue weighted by Gasteiger charge is 2.46. The van der Waals surface area contributed by atoms with Crippen LogP contribution in [0.3, 0.4) is 0 Å². The van der Waals surface area contributed by atoms with Crippen molar-refractivity contribution in [2.75, 3.05) is 23.3 Å². The number of imide groups is 1. The molecule has 54 heavy (non-hydrogen) atoms. The van der Waals surface area contributed by atoms with Crippen LogP contribution in [0.1, 0.15) is 77.0 Å². The fourth-order valence-electron chi connectivity index (χ4n) is 8.87. The summed E-state index contributed by atoms with van der Waals surface area (Å²) in [4.78, 5) is 43.6. The Balaban J connectivity index is 0.885. The molecular weight excluding hydrogens is 686 g/mol. The molecule has 4 fully saturated rings. The Kier molecular flexibility index (Phi) is 8.12. The van der Waals surface area contributed by atoms with Crippen molar-refractivity contribution in [1.29, 1.82) is 5.26 Å². The van der Waals surface area contributed by atoms with Gasteiger partial charge in [0.1, 0.15) is 17.6 Å². The maximum Gasteiger partial charge on any atom is 0.255 e. The van der Waals surface area contributed by atoms with E-state index in [9.17, 15) is 19.6 Å². The van der Waals surface area contributed by atoms with Gasteiger partial charge in [0.25, 0.3) is 5.91 Å². The van der Waals surface area contributed by atoms with E-state index in [1.165, 1.54) is 11.0 Å². The summed E-state index contributed by atoms with van der Waals surface area (Å²) >= 11 is 0. The number of amides is 3. The second-order valence-electron chi connectivity index (χ2n) is 15.8. The first-order valence-corrected chi connectivity index (χ1v) is 18.8. The summed E-state index contributed by atoms with van der Waals surface area (Å²) in [7, 11) is 0. The average molecular weight is 728 g/mol. The molecule has 4 aromatic rings. The van der Waals surface area contributed by atoms with Crippen LogP contribution in [-0.4, -0.2) is 69.9 Å². The van der Waals surface area contributed by atoms with Crippen LogP contribution in [0, 0.1) is 37.9 Å². The minimum absolute atomic E-state index is 0.0949. The van der Waals surface area contributed by atoms with Gasteiger partial charge in [-0.15, -0.1) is 0 Å². The monoisotopic (exact) mass is 727 g/mol. The van der Waals surface area contributed by atoms with Gasteiger partial charge in [0, 0.05) is 60.6 Å². The zero-order valence-electron chi connectivity index (χ0n) is 30.6. The van der Waals surface area contributed by atoms with Crippen molar-refractivity contribution in [2.24, 2.45) is 0 Å². The van der Waals surface area contributed by atoms with Crippen molar-refractivity contribution in [1.82, 2.24) is 20.3 Å². The van der Waals surface area contributed by atoms with Crippen molar-refractivity contribution >= 4 is 34.8 Å². The van der Waals surface area contributed by atoms with Crippen LogP contribution in [-0.2, 0) is 21.5 Å². The molecule has 2 saturated heterocycles. The second-order valence-corrected chi connectivity index (χ2v) is 15.8. The Morgan fingerprint density at radius 2 is 1.80 bits per heavy atom. The highest BCUT2D eigenvalue weighted by atomic mass is 19.1. The van der Waals surface area contributed by atoms with Crippen LogP contribution in [0.15, 0.2) is 59.1 Å². The van der Waals surface area contributed by atoms with Gasteiger partial charge >= 0.3 is 0 Å². The largest absolute Gasteiger partial charge is 0.380 e. The Bertz CT molecular complexity index is 2230. The van der Waals surface area contributed by atoms with Crippen LogP contribution in [0.5, 0.6) is 0 Å². The molecule has 2 N–H and O–H groups in total. The first-order chi connectivity index (χ1) is 26.0. The number of hydrogen-bond acceptors (Lipinski definition) is 9. The first-order valence-electron chi connectivity index (χ1n) is 18.8. The molecule has 0 unspecified atom stereocenters. The zero-order chi connectivity index (χ0) is 37.5. The van der Waals surface area contributed by atoms with Gasteiger partial charge in [0.05, 0.1) is 28.9 Å². The lowest BCUT2D eigenvalue weighted by molar-refractivity contribution is -0.136. The van der Waals surface area contributed by atoms with Crippen molar-refractivity contribution in [3.8, 4) is 17.2 Å².